The van der Waals surface area contributed by atoms with Gasteiger partial charge in [-0.25, -0.2) is 0 Å². The molecule has 0 saturated carbocycles. The Bertz CT molecular complexity index is 1940. The summed E-state index contributed by atoms with van der Waals surface area (Å²) < 4.78 is 9.34. The fourth-order valence-corrected chi connectivity index (χ4v) is 7.04. The Hall–Kier alpha value is -4.44. The Morgan fingerprint density at radius 3 is 2.54 bits per heavy atom. The van der Waals surface area contributed by atoms with Gasteiger partial charge in [-0.15, -0.1) is 0 Å². The first kappa shape index (κ1) is 19.7. The minimum Gasteiger partial charge on any atom is -0.468 e. The fourth-order valence-electron chi connectivity index (χ4n) is 7.04. The van der Waals surface area contributed by atoms with Gasteiger partial charge in [0.05, 0.1) is 22.4 Å². The van der Waals surface area contributed by atoms with E-state index in [0.29, 0.717) is 5.92 Å². The summed E-state index contributed by atoms with van der Waals surface area (Å²) in [5.74, 6) is 1.49. The summed E-state index contributed by atoms with van der Waals surface area (Å²) in [7, 11) is 0. The Labute approximate surface area is 215 Å². The molecule has 0 spiro atoms. The Balaban J connectivity index is 1.49. The van der Waals surface area contributed by atoms with E-state index >= 15 is 0 Å². The summed E-state index contributed by atoms with van der Waals surface area (Å²) in [5, 5.41) is 2.60. The van der Waals surface area contributed by atoms with Crippen molar-refractivity contribution in [1.82, 2.24) is 4.57 Å². The third-order valence-corrected chi connectivity index (χ3v) is 8.51. The molecule has 0 saturated heterocycles. The Morgan fingerprint density at radius 2 is 1.62 bits per heavy atom. The number of furan rings is 1. The van der Waals surface area contributed by atoms with Gasteiger partial charge in [0, 0.05) is 33.4 Å². The molecule has 0 N–H and O–H groups in total. The standard InChI is InChI=1S/C33H23BN2O/c1-20-15-18-29-24(19-20)32-33(37-29)34-25-12-6-8-14-27(25)36-26-13-7-5-11-22(26)23-16-17-28(30(34)31(23)36)35(32)21-9-3-2-4-10-21/h2-18,20H,19H2,1H3. The van der Waals surface area contributed by atoms with E-state index in [0.717, 1.165) is 17.8 Å². The average Bonchev–Trinajstić information content (AvgIpc) is 3.48. The summed E-state index contributed by atoms with van der Waals surface area (Å²) in [4.78, 5) is 2.46. The first-order chi connectivity index (χ1) is 18.3. The zero-order chi connectivity index (χ0) is 24.2. The van der Waals surface area contributed by atoms with Crippen molar-refractivity contribution >= 4 is 68.2 Å². The van der Waals surface area contributed by atoms with Gasteiger partial charge in [-0.2, -0.15) is 0 Å². The maximum atomic E-state index is 6.86. The van der Waals surface area contributed by atoms with Gasteiger partial charge in [-0.3, -0.25) is 0 Å². The third-order valence-electron chi connectivity index (χ3n) is 8.51. The van der Waals surface area contributed by atoms with Crippen LogP contribution in [-0.2, 0) is 6.42 Å². The number of hydrogen-bond donors (Lipinski definition) is 0. The highest BCUT2D eigenvalue weighted by molar-refractivity contribution is 6.99. The predicted octanol–water partition coefficient (Wildman–Crippen LogP) is 6.19. The molecule has 0 radical (unpaired) electrons. The Morgan fingerprint density at radius 1 is 0.811 bits per heavy atom. The van der Waals surface area contributed by atoms with Crippen LogP contribution in [-0.4, -0.2) is 11.3 Å². The van der Waals surface area contributed by atoms with Crippen LogP contribution in [0.2, 0.25) is 0 Å². The van der Waals surface area contributed by atoms with Gasteiger partial charge < -0.3 is 13.9 Å². The maximum Gasteiger partial charge on any atom is 0.297 e. The van der Waals surface area contributed by atoms with E-state index in [4.69, 9.17) is 4.42 Å². The van der Waals surface area contributed by atoms with Crippen molar-refractivity contribution < 1.29 is 4.42 Å². The third kappa shape index (κ3) is 2.38. The van der Waals surface area contributed by atoms with Gasteiger partial charge >= 0.3 is 0 Å². The van der Waals surface area contributed by atoms with Crippen molar-refractivity contribution in [3.05, 3.63) is 108 Å². The molecule has 4 heterocycles. The molecule has 4 aromatic carbocycles. The number of anilines is 3. The lowest BCUT2D eigenvalue weighted by Crippen LogP contribution is -2.60. The van der Waals surface area contributed by atoms with Crippen molar-refractivity contribution in [2.75, 3.05) is 4.90 Å². The smallest absolute Gasteiger partial charge is 0.297 e. The molecular weight excluding hydrogens is 451 g/mol. The lowest BCUT2D eigenvalue weighted by atomic mass is 9.36. The van der Waals surface area contributed by atoms with Gasteiger partial charge in [0.25, 0.3) is 6.71 Å². The molecule has 37 heavy (non-hydrogen) atoms. The van der Waals surface area contributed by atoms with E-state index in [1.807, 2.05) is 0 Å². The minimum absolute atomic E-state index is 0.0518. The summed E-state index contributed by atoms with van der Waals surface area (Å²) in [5.41, 5.74) is 12.5. The molecule has 0 fully saturated rings. The van der Waals surface area contributed by atoms with Crippen LogP contribution in [0, 0.1) is 5.92 Å². The summed E-state index contributed by atoms with van der Waals surface area (Å²) >= 11 is 0. The molecule has 0 amide bonds. The van der Waals surface area contributed by atoms with Gasteiger partial charge in [-0.1, -0.05) is 73.7 Å². The highest BCUT2D eigenvalue weighted by Gasteiger charge is 2.46. The first-order valence-corrected chi connectivity index (χ1v) is 13.1. The van der Waals surface area contributed by atoms with Crippen LogP contribution < -0.4 is 21.5 Å². The van der Waals surface area contributed by atoms with Crippen LogP contribution in [0.1, 0.15) is 18.2 Å². The molecule has 1 unspecified atom stereocenters. The van der Waals surface area contributed by atoms with E-state index in [-0.39, 0.29) is 6.71 Å². The number of allylic oxidation sites excluding steroid dienone is 1. The van der Waals surface area contributed by atoms with E-state index in [2.05, 4.69) is 120 Å². The number of fused-ring (bicyclic) bond motifs is 10. The Kier molecular flexibility index (Phi) is 3.66. The molecule has 1 atom stereocenters. The number of nitrogens with zero attached hydrogens (tertiary/aromatic N) is 2. The topological polar surface area (TPSA) is 21.3 Å². The normalized spacial score (nSPS) is 16.7. The fraction of sp³-hybridized carbons (Fsp3) is 0.0909. The van der Waals surface area contributed by atoms with E-state index < -0.39 is 0 Å². The molecule has 9 rings (SSSR count). The second kappa shape index (κ2) is 6.86. The van der Waals surface area contributed by atoms with Crippen molar-refractivity contribution in [3.63, 3.8) is 0 Å². The number of benzene rings is 4. The molecule has 3 nitrogen and oxygen atoms in total. The zero-order valence-electron chi connectivity index (χ0n) is 20.5. The minimum atomic E-state index is 0.0518. The SMILES string of the molecule is CC1C=Cc2oc3c(c2C1)N(c1ccccc1)c1ccc2c4ccccc4n4c2c1B3c1ccccc1-4. The largest absolute Gasteiger partial charge is 0.468 e. The first-order valence-electron chi connectivity index (χ1n) is 13.1. The van der Waals surface area contributed by atoms with Crippen molar-refractivity contribution in [2.24, 2.45) is 5.92 Å². The molecule has 6 aromatic rings. The number of rotatable bonds is 1. The van der Waals surface area contributed by atoms with Crippen molar-refractivity contribution in [3.8, 4) is 5.69 Å². The van der Waals surface area contributed by atoms with Crippen molar-refractivity contribution in [2.45, 2.75) is 13.3 Å². The lowest BCUT2D eigenvalue weighted by Gasteiger charge is -2.38. The van der Waals surface area contributed by atoms with E-state index in [1.165, 1.54) is 61.0 Å². The second-order valence-electron chi connectivity index (χ2n) is 10.6. The van der Waals surface area contributed by atoms with Crippen LogP contribution in [0.25, 0.3) is 33.6 Å². The quantitative estimate of drug-likeness (QED) is 0.265. The highest BCUT2D eigenvalue weighted by Crippen LogP contribution is 2.45. The van der Waals surface area contributed by atoms with E-state index in [1.54, 1.807) is 0 Å². The van der Waals surface area contributed by atoms with Gasteiger partial charge in [-0.05, 0) is 59.7 Å². The maximum absolute atomic E-state index is 6.86. The zero-order valence-corrected chi connectivity index (χ0v) is 20.5. The molecule has 174 valence electrons. The molecule has 4 heteroatoms. The van der Waals surface area contributed by atoms with Crippen LogP contribution in [0.15, 0.2) is 101 Å². The molecule has 2 aromatic heterocycles. The van der Waals surface area contributed by atoms with Crippen LogP contribution in [0.5, 0.6) is 0 Å². The number of para-hydroxylation sites is 3. The van der Waals surface area contributed by atoms with Crippen LogP contribution >= 0.6 is 0 Å². The molecular formula is C33H23BN2O. The van der Waals surface area contributed by atoms with Gasteiger partial charge in [0.2, 0.25) is 0 Å². The number of hydrogen-bond acceptors (Lipinski definition) is 2. The van der Waals surface area contributed by atoms with E-state index in [9.17, 15) is 0 Å². The van der Waals surface area contributed by atoms with Crippen molar-refractivity contribution in [1.29, 1.82) is 0 Å². The average molecular weight is 474 g/mol. The van der Waals surface area contributed by atoms with Gasteiger partial charge in [0.15, 0.2) is 0 Å². The summed E-state index contributed by atoms with van der Waals surface area (Å²) in [6.07, 6.45) is 5.46. The van der Waals surface area contributed by atoms with Crippen LogP contribution in [0.3, 0.4) is 0 Å². The summed E-state index contributed by atoms with van der Waals surface area (Å²) in [6.45, 7) is 2.34. The molecule has 0 bridgehead atoms. The predicted molar refractivity (Wildman–Crippen MR) is 154 cm³/mol. The van der Waals surface area contributed by atoms with Gasteiger partial charge in [0.1, 0.15) is 5.76 Å². The second-order valence-corrected chi connectivity index (χ2v) is 10.6. The molecule has 3 aliphatic rings. The van der Waals surface area contributed by atoms with Crippen LogP contribution in [0.4, 0.5) is 17.1 Å². The highest BCUT2D eigenvalue weighted by atomic mass is 16.3. The monoisotopic (exact) mass is 474 g/mol. The number of aromatic nitrogens is 1. The molecule has 1 aliphatic carbocycles. The molecule has 2 aliphatic heterocycles. The lowest BCUT2D eigenvalue weighted by molar-refractivity contribution is 0.572. The summed E-state index contributed by atoms with van der Waals surface area (Å²) in [6, 6.07) is 33.1.